The van der Waals surface area contributed by atoms with Crippen LogP contribution in [0.4, 0.5) is 0 Å². The second kappa shape index (κ2) is 9.14. The van der Waals surface area contributed by atoms with Crippen molar-refractivity contribution in [2.75, 3.05) is 6.54 Å². The fourth-order valence-electron chi connectivity index (χ4n) is 3.05. The topological polar surface area (TPSA) is 58.0 Å². The molecule has 1 unspecified atom stereocenters. The first kappa shape index (κ1) is 20.9. The quantitative estimate of drug-likeness (QED) is 0.504. The van der Waals surface area contributed by atoms with Crippen LogP contribution in [0.25, 0.3) is 11.3 Å². The summed E-state index contributed by atoms with van der Waals surface area (Å²) < 4.78 is 0. The molecule has 2 heterocycles. The van der Waals surface area contributed by atoms with Crippen molar-refractivity contribution < 1.29 is 5.11 Å². The lowest BCUT2D eigenvalue weighted by Crippen LogP contribution is -2.43. The number of aliphatic hydroxyl groups excluding tert-OH is 1. The summed E-state index contributed by atoms with van der Waals surface area (Å²) in [4.78, 5) is 8.68. The van der Waals surface area contributed by atoms with Gasteiger partial charge in [-0.05, 0) is 38.3 Å². The summed E-state index contributed by atoms with van der Waals surface area (Å²) in [5.74, 6) is 0. The Morgan fingerprint density at radius 2 is 1.93 bits per heavy atom. The van der Waals surface area contributed by atoms with Crippen molar-refractivity contribution in [1.29, 1.82) is 0 Å². The molecule has 0 aliphatic heterocycles. The summed E-state index contributed by atoms with van der Waals surface area (Å²) in [6.45, 7) is 6.86. The maximum Gasteiger partial charge on any atom is 0.129 e. The average molecular weight is 416 g/mol. The molecule has 1 aromatic carbocycles. The van der Waals surface area contributed by atoms with Gasteiger partial charge in [0.15, 0.2) is 0 Å². The van der Waals surface area contributed by atoms with Gasteiger partial charge in [0.05, 0.1) is 16.8 Å². The molecule has 28 heavy (non-hydrogen) atoms. The summed E-state index contributed by atoms with van der Waals surface area (Å²) in [7, 11) is 0. The van der Waals surface area contributed by atoms with Crippen molar-refractivity contribution in [3.8, 4) is 11.3 Å². The maximum atomic E-state index is 10.4. The number of aromatic nitrogens is 2. The predicted molar refractivity (Wildman–Crippen MR) is 117 cm³/mol. The number of hydrogen-bond acceptors (Lipinski definition) is 5. The number of thiazole rings is 1. The highest BCUT2D eigenvalue weighted by molar-refractivity contribution is 7.09. The van der Waals surface area contributed by atoms with E-state index in [1.165, 1.54) is 10.6 Å². The van der Waals surface area contributed by atoms with Crippen LogP contribution in [-0.4, -0.2) is 27.2 Å². The third kappa shape index (κ3) is 5.61. The van der Waals surface area contributed by atoms with Crippen molar-refractivity contribution in [2.45, 2.75) is 45.3 Å². The Morgan fingerprint density at radius 1 is 1.18 bits per heavy atom. The summed E-state index contributed by atoms with van der Waals surface area (Å²) >= 11 is 7.51. The van der Waals surface area contributed by atoms with Gasteiger partial charge >= 0.3 is 0 Å². The van der Waals surface area contributed by atoms with Gasteiger partial charge < -0.3 is 10.4 Å². The Hall–Kier alpha value is -1.79. The van der Waals surface area contributed by atoms with E-state index < -0.39 is 6.10 Å². The number of aliphatic hydroxyl groups is 1. The lowest BCUT2D eigenvalue weighted by molar-refractivity contribution is 0.160. The molecule has 0 spiro atoms. The van der Waals surface area contributed by atoms with E-state index in [1.54, 1.807) is 29.7 Å². The van der Waals surface area contributed by atoms with Crippen LogP contribution in [0.5, 0.6) is 0 Å². The first-order chi connectivity index (χ1) is 13.4. The van der Waals surface area contributed by atoms with Crippen LogP contribution < -0.4 is 5.32 Å². The van der Waals surface area contributed by atoms with Crippen molar-refractivity contribution in [2.24, 2.45) is 0 Å². The van der Waals surface area contributed by atoms with Crippen LogP contribution in [-0.2, 0) is 12.8 Å². The number of benzene rings is 1. The molecule has 148 valence electrons. The Labute approximate surface area is 175 Å². The van der Waals surface area contributed by atoms with Gasteiger partial charge in [-0.25, -0.2) is 9.97 Å². The third-order valence-corrected chi connectivity index (χ3v) is 5.88. The van der Waals surface area contributed by atoms with E-state index in [2.05, 4.69) is 65.7 Å². The second-order valence-corrected chi connectivity index (χ2v) is 8.88. The molecule has 3 aromatic rings. The van der Waals surface area contributed by atoms with Gasteiger partial charge in [-0.15, -0.1) is 11.3 Å². The van der Waals surface area contributed by atoms with Gasteiger partial charge in [0.25, 0.3) is 0 Å². The molecule has 0 saturated carbocycles. The molecular weight excluding hydrogens is 390 g/mol. The molecule has 1 atom stereocenters. The van der Waals surface area contributed by atoms with Gasteiger partial charge in [-0.2, -0.15) is 0 Å². The largest absolute Gasteiger partial charge is 0.387 e. The van der Waals surface area contributed by atoms with Crippen LogP contribution in [0.1, 0.15) is 43.0 Å². The minimum atomic E-state index is -0.621. The van der Waals surface area contributed by atoms with E-state index in [4.69, 9.17) is 11.6 Å². The van der Waals surface area contributed by atoms with E-state index in [1.807, 2.05) is 0 Å². The fourth-order valence-corrected chi connectivity index (χ4v) is 3.91. The second-order valence-electron chi connectivity index (χ2n) is 7.55. The molecule has 0 bridgehead atoms. The molecule has 3 rings (SSSR count). The number of nitrogens with one attached hydrogen (secondary N) is 1. The third-order valence-electron chi connectivity index (χ3n) is 4.66. The van der Waals surface area contributed by atoms with Crippen LogP contribution >= 0.6 is 22.9 Å². The van der Waals surface area contributed by atoms with E-state index in [0.717, 1.165) is 29.7 Å². The molecule has 0 fully saturated rings. The summed E-state index contributed by atoms with van der Waals surface area (Å²) in [5.41, 5.74) is 4.04. The lowest BCUT2D eigenvalue weighted by atomic mass is 9.93. The maximum absolute atomic E-state index is 10.4. The van der Waals surface area contributed by atoms with Crippen molar-refractivity contribution in [3.05, 3.63) is 69.3 Å². The minimum Gasteiger partial charge on any atom is -0.387 e. The number of β-amino-alcohol motifs (C(OH)–C–C–N with tert-alkyl or cyclic N) is 1. The summed E-state index contributed by atoms with van der Waals surface area (Å²) in [5, 5.41) is 17.5. The van der Waals surface area contributed by atoms with Gasteiger partial charge in [0, 0.05) is 34.8 Å². The van der Waals surface area contributed by atoms with Crippen molar-refractivity contribution in [1.82, 2.24) is 15.3 Å². The number of rotatable bonds is 8. The number of pyridine rings is 1. The summed E-state index contributed by atoms with van der Waals surface area (Å²) in [6, 6.07) is 12.1. The van der Waals surface area contributed by atoms with E-state index in [9.17, 15) is 5.11 Å². The van der Waals surface area contributed by atoms with Crippen LogP contribution in [0.15, 0.2) is 48.0 Å². The number of hydrogen-bond donors (Lipinski definition) is 2. The van der Waals surface area contributed by atoms with Crippen LogP contribution in [0.2, 0.25) is 5.15 Å². The molecule has 0 amide bonds. The molecule has 0 aliphatic rings. The van der Waals surface area contributed by atoms with Crippen molar-refractivity contribution >= 4 is 22.9 Å². The highest BCUT2D eigenvalue weighted by Gasteiger charge is 2.20. The van der Waals surface area contributed by atoms with E-state index >= 15 is 0 Å². The fraction of sp³-hybridized carbons (Fsp3) is 0.364. The number of aryl methyl sites for hydroxylation is 1. The Morgan fingerprint density at radius 3 is 2.54 bits per heavy atom. The standard InChI is InChI=1S/C22H26ClN3OS/c1-4-21-26-18(14-28-21)16-7-5-15(6-8-16)11-22(2,3)25-13-19(27)17-9-10-20(23)24-12-17/h5-10,12,14,19,25,27H,4,11,13H2,1-3H3. The van der Waals surface area contributed by atoms with Gasteiger partial charge in [0.1, 0.15) is 5.15 Å². The first-order valence-corrected chi connectivity index (χ1v) is 10.7. The van der Waals surface area contributed by atoms with Gasteiger partial charge in [0.2, 0.25) is 0 Å². The highest BCUT2D eigenvalue weighted by Crippen LogP contribution is 2.24. The molecule has 0 radical (unpaired) electrons. The first-order valence-electron chi connectivity index (χ1n) is 9.44. The zero-order valence-electron chi connectivity index (χ0n) is 16.4. The normalized spacial score (nSPS) is 12.9. The monoisotopic (exact) mass is 415 g/mol. The molecule has 2 aromatic heterocycles. The highest BCUT2D eigenvalue weighted by atomic mass is 35.5. The van der Waals surface area contributed by atoms with Crippen molar-refractivity contribution in [3.63, 3.8) is 0 Å². The van der Waals surface area contributed by atoms with Crippen LogP contribution in [0, 0.1) is 0 Å². The number of nitrogens with zero attached hydrogens (tertiary/aromatic N) is 2. The smallest absolute Gasteiger partial charge is 0.129 e. The molecule has 0 aliphatic carbocycles. The summed E-state index contributed by atoms with van der Waals surface area (Å²) in [6.07, 6.45) is 2.82. The zero-order chi connectivity index (χ0) is 20.1. The van der Waals surface area contributed by atoms with Crippen LogP contribution in [0.3, 0.4) is 0 Å². The number of halogens is 1. The van der Waals surface area contributed by atoms with Gasteiger partial charge in [-0.3, -0.25) is 0 Å². The Kier molecular flexibility index (Phi) is 6.83. The lowest BCUT2D eigenvalue weighted by Gasteiger charge is -2.28. The SMILES string of the molecule is CCc1nc(-c2ccc(CC(C)(C)NCC(O)c3ccc(Cl)nc3)cc2)cs1. The van der Waals surface area contributed by atoms with E-state index in [0.29, 0.717) is 11.7 Å². The van der Waals surface area contributed by atoms with E-state index in [-0.39, 0.29) is 5.54 Å². The van der Waals surface area contributed by atoms with Gasteiger partial charge in [-0.1, -0.05) is 48.9 Å². The molecule has 0 saturated heterocycles. The Bertz CT molecular complexity index is 891. The zero-order valence-corrected chi connectivity index (χ0v) is 18.0. The minimum absolute atomic E-state index is 0.154. The molecule has 6 heteroatoms. The Balaban J connectivity index is 1.57. The molecular formula is C22H26ClN3OS. The predicted octanol–water partition coefficient (Wildman–Crippen LogP) is 5.07. The molecule has 2 N–H and O–H groups in total. The molecule has 4 nitrogen and oxygen atoms in total. The average Bonchev–Trinajstić information content (AvgIpc) is 3.16.